The highest BCUT2D eigenvalue weighted by atomic mass is 19.1. The molecule has 2 aromatic carbocycles. The van der Waals surface area contributed by atoms with Crippen molar-refractivity contribution in [1.29, 1.82) is 0 Å². The van der Waals surface area contributed by atoms with Crippen LogP contribution >= 0.6 is 0 Å². The maximum atomic E-state index is 13.5. The lowest BCUT2D eigenvalue weighted by Gasteiger charge is -2.22. The van der Waals surface area contributed by atoms with Gasteiger partial charge in [-0.2, -0.15) is 0 Å². The van der Waals surface area contributed by atoms with Crippen LogP contribution in [0.4, 0.5) is 15.8 Å². The molecule has 1 heterocycles. The Kier molecular flexibility index (Phi) is 3.22. The lowest BCUT2D eigenvalue weighted by atomic mass is 10.1. The Hall–Kier alpha value is -1.87. The first kappa shape index (κ1) is 12.2. The number of nitrogens with two attached hydrogens (primary N) is 1. The topological polar surface area (TPSA) is 29.3 Å². The summed E-state index contributed by atoms with van der Waals surface area (Å²) in [5, 5.41) is 0. The summed E-state index contributed by atoms with van der Waals surface area (Å²) in [6, 6.07) is 13.3. The minimum absolute atomic E-state index is 0.179. The molecule has 0 aromatic heterocycles. The Labute approximate surface area is 112 Å². The summed E-state index contributed by atoms with van der Waals surface area (Å²) in [7, 11) is 0. The van der Waals surface area contributed by atoms with Crippen molar-refractivity contribution < 1.29 is 4.39 Å². The Morgan fingerprint density at radius 3 is 2.79 bits per heavy atom. The predicted molar refractivity (Wildman–Crippen MR) is 76.3 cm³/mol. The second-order valence-electron chi connectivity index (χ2n) is 4.84. The van der Waals surface area contributed by atoms with Crippen molar-refractivity contribution in [3.63, 3.8) is 0 Å². The molecule has 0 aliphatic carbocycles. The normalized spacial score (nSPS) is 13.7. The Balaban J connectivity index is 2.04. The molecule has 3 rings (SSSR count). The zero-order valence-electron chi connectivity index (χ0n) is 10.8. The average molecular weight is 256 g/mol. The van der Waals surface area contributed by atoms with E-state index in [9.17, 15) is 4.39 Å². The smallest absolute Gasteiger partial charge is 0.125 e. The average Bonchev–Trinajstić information content (AvgIpc) is 2.82. The quantitative estimate of drug-likeness (QED) is 0.914. The third-order valence-corrected chi connectivity index (χ3v) is 3.64. The lowest BCUT2D eigenvalue weighted by molar-refractivity contribution is 0.628. The van der Waals surface area contributed by atoms with Crippen LogP contribution in [0.1, 0.15) is 11.1 Å². The number of rotatable bonds is 3. The molecule has 98 valence electrons. The third-order valence-electron chi connectivity index (χ3n) is 3.64. The molecular weight excluding hydrogens is 239 g/mol. The maximum Gasteiger partial charge on any atom is 0.125 e. The Morgan fingerprint density at radius 2 is 1.95 bits per heavy atom. The zero-order valence-corrected chi connectivity index (χ0v) is 10.8. The van der Waals surface area contributed by atoms with Gasteiger partial charge in [-0.15, -0.1) is 0 Å². The maximum absolute atomic E-state index is 13.5. The fraction of sp³-hybridized carbons (Fsp3) is 0.250. The van der Waals surface area contributed by atoms with Crippen LogP contribution < -0.4 is 10.6 Å². The largest absolute Gasteiger partial charge is 0.341 e. The molecular formula is C16H17FN2. The van der Waals surface area contributed by atoms with Crippen molar-refractivity contribution in [2.75, 3.05) is 18.0 Å². The van der Waals surface area contributed by atoms with Crippen molar-refractivity contribution in [3.8, 4) is 0 Å². The van der Waals surface area contributed by atoms with Crippen molar-refractivity contribution in [1.82, 2.24) is 0 Å². The fourth-order valence-electron chi connectivity index (χ4n) is 2.74. The van der Waals surface area contributed by atoms with Gasteiger partial charge in [-0.3, -0.25) is 0 Å². The number of halogens is 1. The van der Waals surface area contributed by atoms with E-state index in [0.29, 0.717) is 6.54 Å². The number of benzene rings is 2. The summed E-state index contributed by atoms with van der Waals surface area (Å²) in [6.45, 7) is 1.53. The molecule has 2 N–H and O–H groups in total. The molecule has 0 atom stereocenters. The van der Waals surface area contributed by atoms with Gasteiger partial charge in [-0.25, -0.2) is 4.39 Å². The monoisotopic (exact) mass is 256 g/mol. The second kappa shape index (κ2) is 5.02. The summed E-state index contributed by atoms with van der Waals surface area (Å²) >= 11 is 0. The molecule has 3 heteroatoms. The molecule has 0 fully saturated rings. The van der Waals surface area contributed by atoms with E-state index < -0.39 is 0 Å². The van der Waals surface area contributed by atoms with Gasteiger partial charge in [0.1, 0.15) is 5.82 Å². The van der Waals surface area contributed by atoms with E-state index in [2.05, 4.69) is 17.0 Å². The number of hydrogen-bond donors (Lipinski definition) is 1. The van der Waals surface area contributed by atoms with Crippen molar-refractivity contribution in [2.24, 2.45) is 5.73 Å². The van der Waals surface area contributed by atoms with Crippen molar-refractivity contribution in [3.05, 3.63) is 59.4 Å². The first-order valence-corrected chi connectivity index (χ1v) is 6.63. The molecule has 0 unspecified atom stereocenters. The van der Waals surface area contributed by atoms with E-state index in [0.717, 1.165) is 30.8 Å². The van der Waals surface area contributed by atoms with Crippen LogP contribution in [0, 0.1) is 5.82 Å². The van der Waals surface area contributed by atoms with E-state index in [1.54, 1.807) is 6.07 Å². The van der Waals surface area contributed by atoms with Gasteiger partial charge in [0.15, 0.2) is 0 Å². The van der Waals surface area contributed by atoms with E-state index in [-0.39, 0.29) is 5.82 Å². The third kappa shape index (κ3) is 2.22. The van der Waals surface area contributed by atoms with Crippen LogP contribution in [-0.4, -0.2) is 13.1 Å². The number of hydrogen-bond acceptors (Lipinski definition) is 2. The summed E-state index contributed by atoms with van der Waals surface area (Å²) in [5.41, 5.74) is 10.2. The van der Waals surface area contributed by atoms with Gasteiger partial charge < -0.3 is 10.6 Å². The van der Waals surface area contributed by atoms with E-state index >= 15 is 0 Å². The van der Waals surface area contributed by atoms with Gasteiger partial charge in [0.2, 0.25) is 0 Å². The molecule has 0 amide bonds. The van der Waals surface area contributed by atoms with E-state index in [4.69, 9.17) is 5.73 Å². The van der Waals surface area contributed by atoms with E-state index in [1.807, 2.05) is 18.2 Å². The SMILES string of the molecule is NCCc1ccccc1N1CCc2ccc(F)cc21. The van der Waals surface area contributed by atoms with Crippen LogP contribution in [0.2, 0.25) is 0 Å². The highest BCUT2D eigenvalue weighted by Crippen LogP contribution is 2.36. The Morgan fingerprint density at radius 1 is 1.11 bits per heavy atom. The number of para-hydroxylation sites is 1. The molecule has 0 bridgehead atoms. The first-order valence-electron chi connectivity index (χ1n) is 6.63. The van der Waals surface area contributed by atoms with Crippen LogP contribution in [-0.2, 0) is 12.8 Å². The van der Waals surface area contributed by atoms with Crippen LogP contribution in [0.15, 0.2) is 42.5 Å². The zero-order chi connectivity index (χ0) is 13.2. The van der Waals surface area contributed by atoms with Gasteiger partial charge in [0.05, 0.1) is 0 Å². The molecule has 1 aliphatic rings. The number of anilines is 2. The minimum atomic E-state index is -0.179. The first-order chi connectivity index (χ1) is 9.29. The molecule has 1 aliphatic heterocycles. The van der Waals surface area contributed by atoms with Crippen LogP contribution in [0.5, 0.6) is 0 Å². The minimum Gasteiger partial charge on any atom is -0.341 e. The standard InChI is InChI=1S/C16H17FN2/c17-14-6-5-13-8-10-19(16(13)11-14)15-4-2-1-3-12(15)7-9-18/h1-6,11H,7-10,18H2. The number of fused-ring (bicyclic) bond motifs is 1. The second-order valence-corrected chi connectivity index (χ2v) is 4.84. The molecule has 0 saturated heterocycles. The lowest BCUT2D eigenvalue weighted by Crippen LogP contribution is -2.16. The van der Waals surface area contributed by atoms with Gasteiger partial charge >= 0.3 is 0 Å². The van der Waals surface area contributed by atoms with Gasteiger partial charge in [-0.05, 0) is 48.7 Å². The highest BCUT2D eigenvalue weighted by molar-refractivity contribution is 5.72. The summed E-state index contributed by atoms with van der Waals surface area (Å²) < 4.78 is 13.5. The molecule has 0 spiro atoms. The van der Waals surface area contributed by atoms with Crippen LogP contribution in [0.25, 0.3) is 0 Å². The summed E-state index contributed by atoms with van der Waals surface area (Å²) in [6.07, 6.45) is 1.81. The van der Waals surface area contributed by atoms with Crippen LogP contribution in [0.3, 0.4) is 0 Å². The van der Waals surface area contributed by atoms with E-state index in [1.165, 1.54) is 17.2 Å². The summed E-state index contributed by atoms with van der Waals surface area (Å²) in [4.78, 5) is 2.20. The van der Waals surface area contributed by atoms with Crippen molar-refractivity contribution in [2.45, 2.75) is 12.8 Å². The molecule has 2 aromatic rings. The Bertz CT molecular complexity index is 595. The van der Waals surface area contributed by atoms with Gasteiger partial charge in [-0.1, -0.05) is 24.3 Å². The highest BCUT2D eigenvalue weighted by Gasteiger charge is 2.22. The molecule has 0 radical (unpaired) electrons. The molecule has 19 heavy (non-hydrogen) atoms. The summed E-state index contributed by atoms with van der Waals surface area (Å²) in [5.74, 6) is -0.179. The van der Waals surface area contributed by atoms with Crippen molar-refractivity contribution >= 4 is 11.4 Å². The molecule has 0 saturated carbocycles. The van der Waals surface area contributed by atoms with Gasteiger partial charge in [0.25, 0.3) is 0 Å². The van der Waals surface area contributed by atoms with Gasteiger partial charge in [0, 0.05) is 17.9 Å². The number of nitrogens with zero attached hydrogens (tertiary/aromatic N) is 1. The predicted octanol–water partition coefficient (Wildman–Crippen LogP) is 3.02. The fourth-order valence-corrected chi connectivity index (χ4v) is 2.74. The molecule has 2 nitrogen and oxygen atoms in total.